The number of nitrogens with one attached hydrogen (secondary N) is 1. The minimum absolute atomic E-state index is 0.0417. The number of carbonyl (C=O) groups is 1. The Morgan fingerprint density at radius 2 is 2.14 bits per heavy atom. The Balaban J connectivity index is 1.94. The van der Waals surface area contributed by atoms with Crippen LogP contribution in [0.1, 0.15) is 36.8 Å². The number of hydrogen-bond acceptors (Lipinski definition) is 2. The summed E-state index contributed by atoms with van der Waals surface area (Å²) < 4.78 is 18.6. The molecule has 0 aromatic heterocycles. The van der Waals surface area contributed by atoms with E-state index in [0.29, 0.717) is 32.6 Å². The Labute approximate surface area is 125 Å². The summed E-state index contributed by atoms with van der Waals surface area (Å²) in [4.78, 5) is 12.3. The SMILES string of the molecule is Cc1cccc(C(C)C(=O)NCC2(CF)CCOCC2)c1. The zero-order chi connectivity index (χ0) is 15.3. The lowest BCUT2D eigenvalue weighted by Crippen LogP contribution is -2.43. The third-order valence-electron chi connectivity index (χ3n) is 4.41. The molecule has 2 rings (SSSR count). The number of hydrogen-bond donors (Lipinski definition) is 1. The van der Waals surface area contributed by atoms with Crippen LogP contribution >= 0.6 is 0 Å². The number of aryl methyl sites for hydroxylation is 1. The zero-order valence-electron chi connectivity index (χ0n) is 12.8. The molecule has 1 aromatic rings. The molecule has 4 heteroatoms. The quantitative estimate of drug-likeness (QED) is 0.906. The summed E-state index contributed by atoms with van der Waals surface area (Å²) >= 11 is 0. The maximum absolute atomic E-state index is 13.4. The molecular weight excluding hydrogens is 269 g/mol. The Bertz CT molecular complexity index is 483. The summed E-state index contributed by atoms with van der Waals surface area (Å²) in [5.41, 5.74) is 1.69. The second-order valence-electron chi connectivity index (χ2n) is 6.10. The van der Waals surface area contributed by atoms with Crippen molar-refractivity contribution in [1.82, 2.24) is 5.32 Å². The van der Waals surface area contributed by atoms with Crippen molar-refractivity contribution in [2.75, 3.05) is 26.4 Å². The second kappa shape index (κ2) is 7.03. The van der Waals surface area contributed by atoms with E-state index < -0.39 is 12.1 Å². The van der Waals surface area contributed by atoms with Crippen LogP contribution in [0.3, 0.4) is 0 Å². The lowest BCUT2D eigenvalue weighted by molar-refractivity contribution is -0.123. The molecule has 1 heterocycles. The number of carbonyl (C=O) groups excluding carboxylic acids is 1. The van der Waals surface area contributed by atoms with Gasteiger partial charge >= 0.3 is 0 Å². The molecule has 1 atom stereocenters. The molecule has 1 N–H and O–H groups in total. The third kappa shape index (κ3) is 4.03. The first-order chi connectivity index (χ1) is 10.1. The van der Waals surface area contributed by atoms with Gasteiger partial charge in [-0.1, -0.05) is 29.8 Å². The van der Waals surface area contributed by atoms with Crippen LogP contribution < -0.4 is 5.32 Å². The fraction of sp³-hybridized carbons (Fsp3) is 0.588. The normalized spacial score (nSPS) is 19.0. The first-order valence-electron chi connectivity index (χ1n) is 7.54. The molecular formula is C17H24FNO2. The third-order valence-corrected chi connectivity index (χ3v) is 4.41. The number of amides is 1. The average molecular weight is 293 g/mol. The molecule has 1 amide bonds. The van der Waals surface area contributed by atoms with Gasteiger partial charge in [0.15, 0.2) is 0 Å². The average Bonchev–Trinajstić information content (AvgIpc) is 2.53. The molecule has 0 saturated carbocycles. The fourth-order valence-electron chi connectivity index (χ4n) is 2.68. The Morgan fingerprint density at radius 3 is 2.76 bits per heavy atom. The summed E-state index contributed by atoms with van der Waals surface area (Å²) in [6.07, 6.45) is 1.34. The highest BCUT2D eigenvalue weighted by Gasteiger charge is 2.33. The number of halogens is 1. The van der Waals surface area contributed by atoms with E-state index in [1.807, 2.05) is 38.1 Å². The van der Waals surface area contributed by atoms with Crippen molar-refractivity contribution in [1.29, 1.82) is 0 Å². The van der Waals surface area contributed by atoms with Gasteiger partial charge in [-0.25, -0.2) is 0 Å². The van der Waals surface area contributed by atoms with Crippen LogP contribution in [-0.4, -0.2) is 32.3 Å². The summed E-state index contributed by atoms with van der Waals surface area (Å²) in [6, 6.07) is 7.93. The van der Waals surface area contributed by atoms with Gasteiger partial charge in [-0.05, 0) is 32.3 Å². The maximum Gasteiger partial charge on any atom is 0.227 e. The molecule has 1 saturated heterocycles. The van der Waals surface area contributed by atoms with E-state index in [4.69, 9.17) is 4.74 Å². The van der Waals surface area contributed by atoms with Gasteiger partial charge in [0, 0.05) is 25.2 Å². The van der Waals surface area contributed by atoms with Crippen LogP contribution in [0.25, 0.3) is 0 Å². The Morgan fingerprint density at radius 1 is 1.43 bits per heavy atom. The predicted molar refractivity (Wildman–Crippen MR) is 81.1 cm³/mol. The summed E-state index contributed by atoms with van der Waals surface area (Å²) in [5, 5.41) is 2.93. The van der Waals surface area contributed by atoms with E-state index in [2.05, 4.69) is 5.32 Å². The monoisotopic (exact) mass is 293 g/mol. The number of alkyl halides is 1. The number of rotatable bonds is 5. The first-order valence-corrected chi connectivity index (χ1v) is 7.54. The largest absolute Gasteiger partial charge is 0.381 e. The molecule has 1 fully saturated rings. The Hall–Kier alpha value is -1.42. The van der Waals surface area contributed by atoms with Crippen LogP contribution in [0.4, 0.5) is 4.39 Å². The minimum atomic E-state index is -0.444. The van der Waals surface area contributed by atoms with Crippen LogP contribution in [0.2, 0.25) is 0 Å². The molecule has 1 unspecified atom stereocenters. The summed E-state index contributed by atoms with van der Waals surface area (Å²) in [6.45, 7) is 5.03. The molecule has 0 spiro atoms. The van der Waals surface area contributed by atoms with Crippen molar-refractivity contribution >= 4 is 5.91 Å². The molecule has 0 radical (unpaired) electrons. The van der Waals surface area contributed by atoms with Crippen LogP contribution in [0.15, 0.2) is 24.3 Å². The van der Waals surface area contributed by atoms with Gasteiger partial charge in [0.05, 0.1) is 12.6 Å². The topological polar surface area (TPSA) is 38.3 Å². The van der Waals surface area contributed by atoms with Crippen molar-refractivity contribution in [2.45, 2.75) is 32.6 Å². The van der Waals surface area contributed by atoms with Gasteiger partial charge in [-0.2, -0.15) is 0 Å². The highest BCUT2D eigenvalue weighted by atomic mass is 19.1. The van der Waals surface area contributed by atoms with Gasteiger partial charge < -0.3 is 10.1 Å². The molecule has 0 bridgehead atoms. The van der Waals surface area contributed by atoms with Crippen molar-refractivity contribution < 1.29 is 13.9 Å². The number of benzene rings is 1. The van der Waals surface area contributed by atoms with Crippen molar-refractivity contribution in [3.8, 4) is 0 Å². The van der Waals surface area contributed by atoms with E-state index in [1.54, 1.807) is 0 Å². The van der Waals surface area contributed by atoms with Gasteiger partial charge in [0.2, 0.25) is 5.91 Å². The highest BCUT2D eigenvalue weighted by molar-refractivity contribution is 5.83. The zero-order valence-corrected chi connectivity index (χ0v) is 12.8. The van der Waals surface area contributed by atoms with Gasteiger partial charge in [-0.3, -0.25) is 9.18 Å². The van der Waals surface area contributed by atoms with E-state index in [0.717, 1.165) is 11.1 Å². The van der Waals surface area contributed by atoms with Crippen LogP contribution in [0, 0.1) is 12.3 Å². The van der Waals surface area contributed by atoms with E-state index >= 15 is 0 Å². The summed E-state index contributed by atoms with van der Waals surface area (Å²) in [7, 11) is 0. The predicted octanol–water partition coefficient (Wildman–Crippen LogP) is 2.98. The Kier molecular flexibility index (Phi) is 5.34. The van der Waals surface area contributed by atoms with E-state index in [-0.39, 0.29) is 11.8 Å². The fourth-order valence-corrected chi connectivity index (χ4v) is 2.68. The van der Waals surface area contributed by atoms with Gasteiger partial charge in [-0.15, -0.1) is 0 Å². The smallest absolute Gasteiger partial charge is 0.227 e. The molecule has 116 valence electrons. The molecule has 1 aliphatic rings. The van der Waals surface area contributed by atoms with E-state index in [9.17, 15) is 9.18 Å². The second-order valence-corrected chi connectivity index (χ2v) is 6.10. The summed E-state index contributed by atoms with van der Waals surface area (Å²) in [5.74, 6) is -0.263. The molecule has 1 aliphatic heterocycles. The first kappa shape index (κ1) is 16.0. The van der Waals surface area contributed by atoms with Crippen LogP contribution in [-0.2, 0) is 9.53 Å². The number of ether oxygens (including phenoxy) is 1. The van der Waals surface area contributed by atoms with Crippen molar-refractivity contribution in [2.24, 2.45) is 5.41 Å². The maximum atomic E-state index is 13.4. The van der Waals surface area contributed by atoms with E-state index in [1.165, 1.54) is 0 Å². The lowest BCUT2D eigenvalue weighted by atomic mass is 9.81. The molecule has 3 nitrogen and oxygen atoms in total. The highest BCUT2D eigenvalue weighted by Crippen LogP contribution is 2.30. The van der Waals surface area contributed by atoms with Crippen LogP contribution in [0.5, 0.6) is 0 Å². The molecule has 21 heavy (non-hydrogen) atoms. The molecule has 0 aliphatic carbocycles. The van der Waals surface area contributed by atoms with Gasteiger partial charge in [0.1, 0.15) is 0 Å². The molecule has 1 aromatic carbocycles. The lowest BCUT2D eigenvalue weighted by Gasteiger charge is -2.35. The van der Waals surface area contributed by atoms with Crippen molar-refractivity contribution in [3.63, 3.8) is 0 Å². The minimum Gasteiger partial charge on any atom is -0.381 e. The van der Waals surface area contributed by atoms with Gasteiger partial charge in [0.25, 0.3) is 0 Å². The van der Waals surface area contributed by atoms with Crippen molar-refractivity contribution in [3.05, 3.63) is 35.4 Å². The standard InChI is InChI=1S/C17H24FNO2/c1-13-4-3-5-15(10-13)14(2)16(20)19-12-17(11-18)6-8-21-9-7-17/h3-5,10,14H,6-9,11-12H2,1-2H3,(H,19,20).